The Morgan fingerprint density at radius 1 is 0.662 bits per heavy atom. The Labute approximate surface area is 426 Å². The van der Waals surface area contributed by atoms with Crippen molar-refractivity contribution in [3.63, 3.8) is 0 Å². The maximum Gasteiger partial charge on any atom is 0.407 e. The van der Waals surface area contributed by atoms with Crippen LogP contribution >= 0.6 is 0 Å². The fourth-order valence-electron chi connectivity index (χ4n) is 8.83. The van der Waals surface area contributed by atoms with Gasteiger partial charge in [-0.3, -0.25) is 33.6 Å². The predicted molar refractivity (Wildman–Crippen MR) is 273 cm³/mol. The molecule has 0 unspecified atom stereocenters. The van der Waals surface area contributed by atoms with E-state index in [0.29, 0.717) is 16.5 Å². The van der Waals surface area contributed by atoms with Crippen LogP contribution in [0.1, 0.15) is 91.8 Å². The van der Waals surface area contributed by atoms with E-state index in [4.69, 9.17) is 14.9 Å². The number of carboxylic acids is 2. The van der Waals surface area contributed by atoms with Crippen LogP contribution in [0.25, 0.3) is 22.1 Å². The molecule has 1 aromatic heterocycles. The van der Waals surface area contributed by atoms with E-state index in [1.165, 1.54) is 6.07 Å². The number of hydrogen-bond acceptors (Lipinski definition) is 12. The molecule has 390 valence electrons. The highest BCUT2D eigenvalue weighted by molar-refractivity contribution is 5.97. The monoisotopic (exact) mass is 1020 g/mol. The zero-order valence-electron chi connectivity index (χ0n) is 41.1. The molecular weight excluding hydrogens is 955 g/mol. The highest BCUT2D eigenvalue weighted by atomic mass is 16.5. The minimum atomic E-state index is -1.56. The molecule has 1 aliphatic carbocycles. The number of benzene rings is 4. The molecule has 4 aromatic carbocycles. The highest BCUT2D eigenvalue weighted by Gasteiger charge is 2.33. The first-order chi connectivity index (χ1) is 35.6. The third-order valence-electron chi connectivity index (χ3n) is 12.8. The lowest BCUT2D eigenvalue weighted by Gasteiger charge is -2.26. The lowest BCUT2D eigenvalue weighted by Crippen LogP contribution is -2.58. The molecule has 5 aromatic rings. The molecule has 74 heavy (non-hydrogen) atoms. The van der Waals surface area contributed by atoms with Crippen molar-refractivity contribution in [3.8, 4) is 11.1 Å². The summed E-state index contributed by atoms with van der Waals surface area (Å²) < 4.78 is 11.1. The molecule has 0 radical (unpaired) electrons. The number of primary amides is 1. The Balaban J connectivity index is 1.08. The van der Waals surface area contributed by atoms with E-state index >= 15 is 0 Å². The van der Waals surface area contributed by atoms with Gasteiger partial charge in [-0.1, -0.05) is 78.9 Å². The Morgan fingerprint density at radius 3 is 1.81 bits per heavy atom. The molecule has 0 spiro atoms. The number of nitrogens with zero attached hydrogens (tertiary/aromatic N) is 1. The van der Waals surface area contributed by atoms with Crippen LogP contribution in [0.15, 0.2) is 112 Å². The fourth-order valence-corrected chi connectivity index (χ4v) is 8.83. The number of hydrogen-bond donors (Lipinski definition) is 8. The van der Waals surface area contributed by atoms with Crippen molar-refractivity contribution in [2.75, 3.05) is 31.1 Å². The van der Waals surface area contributed by atoms with Crippen LogP contribution in [-0.4, -0.2) is 108 Å². The van der Waals surface area contributed by atoms with Crippen LogP contribution < -0.4 is 42.8 Å². The lowest BCUT2D eigenvalue weighted by molar-refractivity contribution is -0.138. The average molecular weight is 1020 g/mol. The van der Waals surface area contributed by atoms with Gasteiger partial charge in [0, 0.05) is 62.0 Å². The van der Waals surface area contributed by atoms with Gasteiger partial charge in [0.2, 0.25) is 23.6 Å². The van der Waals surface area contributed by atoms with Crippen LogP contribution in [0, 0.1) is 0 Å². The second-order valence-electron chi connectivity index (χ2n) is 17.8. The lowest BCUT2D eigenvalue weighted by atomic mass is 9.98. The van der Waals surface area contributed by atoms with Gasteiger partial charge < -0.3 is 56.6 Å². The smallest absolute Gasteiger partial charge is 0.407 e. The zero-order chi connectivity index (χ0) is 53.3. The number of rotatable bonds is 27. The normalized spacial score (nSPS) is 13.2. The summed E-state index contributed by atoms with van der Waals surface area (Å²) >= 11 is 0. The summed E-state index contributed by atoms with van der Waals surface area (Å²) in [6.07, 6.45) is -2.66. The summed E-state index contributed by atoms with van der Waals surface area (Å²) in [5, 5.41) is 32.3. The van der Waals surface area contributed by atoms with Crippen molar-refractivity contribution < 1.29 is 57.7 Å². The fraction of sp³-hybridized carbons (Fsp3) is 0.352. The van der Waals surface area contributed by atoms with E-state index in [9.17, 15) is 53.4 Å². The van der Waals surface area contributed by atoms with E-state index in [-0.39, 0.29) is 50.3 Å². The number of carbonyl (C=O) groups excluding carboxylic acids is 6. The van der Waals surface area contributed by atoms with Gasteiger partial charge in [-0.25, -0.2) is 9.59 Å². The number of carboxylic acid groups (broad SMARTS) is 2. The molecule has 0 saturated heterocycles. The van der Waals surface area contributed by atoms with Gasteiger partial charge in [0.05, 0.1) is 0 Å². The van der Waals surface area contributed by atoms with Crippen molar-refractivity contribution in [1.29, 1.82) is 0 Å². The number of fused-ring (bicyclic) bond motifs is 4. The number of anilines is 1. The standard InChI is InChI=1S/C54H61N7O13/c1-3-61(4-2)34-22-21-33-29-39(53(71)74-45(33)30-34)49(67)56-27-13-12-20-41(48(55)66)57-50(68)42(23-25-46(62)63)58-52(70)44(28-32-14-6-5-7-15-32)59-51(69)43(24-26-47(64)65)60-54(72)73-31-40-37-18-10-8-16-35(37)36-17-9-11-19-38(36)40/h5-11,14-19,21-22,29-30,40-44H,3-4,12-13,20,23-28,31H2,1-2H3,(H2,55,66)(H,56,67)(H,57,68)(H,58,70)(H,59,69)(H,60,72)(H,62,63)(H,64,65)/t41-,42-,43-,44-/m0/s1. The molecule has 1 aliphatic rings. The molecule has 20 heteroatoms. The molecule has 20 nitrogen and oxygen atoms in total. The van der Waals surface area contributed by atoms with Crippen molar-refractivity contribution >= 4 is 64.2 Å². The molecule has 6 amide bonds. The van der Waals surface area contributed by atoms with Gasteiger partial charge in [0.15, 0.2) is 0 Å². The van der Waals surface area contributed by atoms with Gasteiger partial charge in [-0.05, 0) is 92.0 Å². The Morgan fingerprint density at radius 2 is 1.22 bits per heavy atom. The number of carbonyl (C=O) groups is 8. The second kappa shape index (κ2) is 26.2. The van der Waals surface area contributed by atoms with Crippen LogP contribution in [0.3, 0.4) is 0 Å². The van der Waals surface area contributed by atoms with Crippen LogP contribution in [0.2, 0.25) is 0 Å². The number of nitrogens with one attached hydrogen (secondary N) is 5. The third kappa shape index (κ3) is 14.8. The van der Waals surface area contributed by atoms with Gasteiger partial charge >= 0.3 is 23.7 Å². The SMILES string of the molecule is CCN(CC)c1ccc2cc(C(=O)NCCCC[C@H](NC(=O)[C@H](CCC(=O)O)NC(=O)[C@H](Cc3ccccc3)NC(=O)[C@H](CCC(=O)O)NC(=O)OCC3c4ccccc4-c4ccccc43)C(N)=O)c(=O)oc2c1. The topological polar surface area (TPSA) is 306 Å². The van der Waals surface area contributed by atoms with Crippen molar-refractivity contribution in [3.05, 3.63) is 136 Å². The number of aliphatic carboxylic acids is 2. The first-order valence-corrected chi connectivity index (χ1v) is 24.5. The Bertz CT molecular complexity index is 2860. The summed E-state index contributed by atoms with van der Waals surface area (Å²) in [7, 11) is 0. The first kappa shape index (κ1) is 54.8. The molecule has 6 rings (SSSR count). The molecule has 0 saturated carbocycles. The van der Waals surface area contributed by atoms with E-state index in [0.717, 1.165) is 41.0 Å². The number of nitrogens with two attached hydrogens (primary N) is 1. The quantitative estimate of drug-likeness (QED) is 0.0268. The molecule has 4 atom stereocenters. The Hall–Kier alpha value is -8.55. The summed E-state index contributed by atoms with van der Waals surface area (Å²) in [5.41, 5.74) is 10.3. The summed E-state index contributed by atoms with van der Waals surface area (Å²) in [6, 6.07) is 24.8. The zero-order valence-corrected chi connectivity index (χ0v) is 41.1. The minimum absolute atomic E-state index is 0.0232. The van der Waals surface area contributed by atoms with Crippen LogP contribution in [0.4, 0.5) is 10.5 Å². The van der Waals surface area contributed by atoms with Gasteiger partial charge in [-0.15, -0.1) is 0 Å². The molecule has 0 bridgehead atoms. The summed E-state index contributed by atoms with van der Waals surface area (Å²) in [4.78, 5) is 119. The number of alkyl carbamates (subject to hydrolysis) is 1. The minimum Gasteiger partial charge on any atom is -0.481 e. The molecular formula is C54H61N7O13. The predicted octanol–water partition coefficient (Wildman–Crippen LogP) is 4.36. The van der Waals surface area contributed by atoms with Gasteiger partial charge in [-0.2, -0.15) is 0 Å². The van der Waals surface area contributed by atoms with E-state index in [1.54, 1.807) is 42.5 Å². The maximum atomic E-state index is 14.2. The third-order valence-corrected chi connectivity index (χ3v) is 12.8. The number of unbranched alkanes of at least 4 members (excludes halogenated alkanes) is 1. The molecule has 1 heterocycles. The van der Waals surface area contributed by atoms with Crippen LogP contribution in [-0.2, 0) is 39.9 Å². The summed E-state index contributed by atoms with van der Waals surface area (Å²) in [6.45, 7) is 5.48. The van der Waals surface area contributed by atoms with Gasteiger partial charge in [0.1, 0.15) is 41.9 Å². The van der Waals surface area contributed by atoms with Crippen molar-refractivity contribution in [2.24, 2.45) is 5.73 Å². The van der Waals surface area contributed by atoms with Crippen molar-refractivity contribution in [1.82, 2.24) is 26.6 Å². The van der Waals surface area contributed by atoms with Crippen LogP contribution in [0.5, 0.6) is 0 Å². The number of amides is 6. The largest absolute Gasteiger partial charge is 0.481 e. The summed E-state index contributed by atoms with van der Waals surface area (Å²) in [5.74, 6) is -7.33. The van der Waals surface area contributed by atoms with Gasteiger partial charge in [0.25, 0.3) is 5.91 Å². The number of ether oxygens (including phenoxy) is 1. The van der Waals surface area contributed by atoms with Crippen molar-refractivity contribution in [2.45, 2.75) is 95.3 Å². The van der Waals surface area contributed by atoms with E-state index in [1.807, 2.05) is 68.4 Å². The molecule has 0 fully saturated rings. The van der Waals surface area contributed by atoms with E-state index < -0.39 is 103 Å². The first-order valence-electron chi connectivity index (χ1n) is 24.5. The van der Waals surface area contributed by atoms with E-state index in [2.05, 4.69) is 31.5 Å². The molecule has 0 aliphatic heterocycles. The maximum absolute atomic E-state index is 14.2. The average Bonchev–Trinajstić information content (AvgIpc) is 3.70. The highest BCUT2D eigenvalue weighted by Crippen LogP contribution is 2.44. The second-order valence-corrected chi connectivity index (χ2v) is 17.8. The molecule has 9 N–H and O–H groups in total. The Kier molecular flexibility index (Phi) is 19.4.